The first-order chi connectivity index (χ1) is 14.8. The van der Waals surface area contributed by atoms with Crippen molar-refractivity contribution in [3.05, 3.63) is 41.1 Å². The standard InChI is InChI=1S/C20H19F3N4O4/c21-20(22,23)11-31-15-3-4-27-18(30-10-15)7-16(26-27)19(28)25-14-6-13-5-12(8-24)1-2-17(13)29-9-14/h1-2,5,7,14-15H,3-4,6,9-11H2,(H,25,28)/t14-,15+/m1/s1. The minimum atomic E-state index is -4.40. The van der Waals surface area contributed by atoms with Crippen LogP contribution in [0.5, 0.6) is 11.6 Å². The molecule has 1 amide bonds. The van der Waals surface area contributed by atoms with Crippen molar-refractivity contribution in [3.63, 3.8) is 0 Å². The Kier molecular flexibility index (Phi) is 5.73. The van der Waals surface area contributed by atoms with Crippen LogP contribution >= 0.6 is 0 Å². The molecule has 0 fully saturated rings. The lowest BCUT2D eigenvalue weighted by Gasteiger charge is -2.26. The number of alkyl halides is 3. The monoisotopic (exact) mass is 436 g/mol. The van der Waals surface area contributed by atoms with E-state index in [2.05, 4.69) is 16.5 Å². The maximum atomic E-state index is 12.6. The van der Waals surface area contributed by atoms with Gasteiger partial charge in [0.1, 0.15) is 25.6 Å². The van der Waals surface area contributed by atoms with E-state index in [-0.39, 0.29) is 37.9 Å². The van der Waals surface area contributed by atoms with Crippen LogP contribution < -0.4 is 14.8 Å². The summed E-state index contributed by atoms with van der Waals surface area (Å²) in [7, 11) is 0. The highest BCUT2D eigenvalue weighted by molar-refractivity contribution is 5.92. The first kappa shape index (κ1) is 21.0. The van der Waals surface area contributed by atoms with E-state index in [0.717, 1.165) is 5.56 Å². The topological polar surface area (TPSA) is 98.4 Å². The van der Waals surface area contributed by atoms with Crippen molar-refractivity contribution in [1.82, 2.24) is 15.1 Å². The lowest BCUT2D eigenvalue weighted by atomic mass is 10.0. The van der Waals surface area contributed by atoms with Crippen LogP contribution in [0.2, 0.25) is 0 Å². The van der Waals surface area contributed by atoms with Gasteiger partial charge in [-0.3, -0.25) is 4.79 Å². The minimum Gasteiger partial charge on any atom is -0.491 e. The summed E-state index contributed by atoms with van der Waals surface area (Å²) in [6, 6.07) is 8.38. The summed E-state index contributed by atoms with van der Waals surface area (Å²) >= 11 is 0. The molecule has 1 aromatic heterocycles. The Bertz CT molecular complexity index is 989. The van der Waals surface area contributed by atoms with Gasteiger partial charge in [0.15, 0.2) is 5.69 Å². The molecule has 0 aliphatic carbocycles. The van der Waals surface area contributed by atoms with E-state index >= 15 is 0 Å². The average Bonchev–Trinajstić information content (AvgIpc) is 3.05. The number of fused-ring (bicyclic) bond motifs is 2. The lowest BCUT2D eigenvalue weighted by molar-refractivity contribution is -0.188. The molecule has 0 unspecified atom stereocenters. The number of carbonyl (C=O) groups excluding carboxylic acids is 1. The number of ether oxygens (including phenoxy) is 3. The largest absolute Gasteiger partial charge is 0.491 e. The molecule has 2 aliphatic rings. The molecule has 2 aliphatic heterocycles. The van der Waals surface area contributed by atoms with E-state index in [9.17, 15) is 18.0 Å². The fourth-order valence-corrected chi connectivity index (χ4v) is 3.47. The first-order valence-corrected chi connectivity index (χ1v) is 9.66. The maximum Gasteiger partial charge on any atom is 0.411 e. The Hall–Kier alpha value is -3.26. The zero-order valence-corrected chi connectivity index (χ0v) is 16.3. The fraction of sp³-hybridized carbons (Fsp3) is 0.450. The van der Waals surface area contributed by atoms with E-state index in [0.29, 0.717) is 23.6 Å². The van der Waals surface area contributed by atoms with Gasteiger partial charge in [0.25, 0.3) is 5.91 Å². The number of carbonyl (C=O) groups is 1. The molecule has 0 saturated carbocycles. The van der Waals surface area contributed by atoms with Gasteiger partial charge in [-0.05, 0) is 36.6 Å². The third-order valence-corrected chi connectivity index (χ3v) is 4.97. The molecule has 0 radical (unpaired) electrons. The van der Waals surface area contributed by atoms with E-state index in [4.69, 9.17) is 19.5 Å². The molecule has 1 N–H and O–H groups in total. The normalized spacial score (nSPS) is 20.3. The van der Waals surface area contributed by atoms with Crippen molar-refractivity contribution in [2.75, 3.05) is 19.8 Å². The smallest absolute Gasteiger partial charge is 0.411 e. The predicted octanol–water partition coefficient (Wildman–Crippen LogP) is 2.22. The van der Waals surface area contributed by atoms with Crippen molar-refractivity contribution in [2.45, 2.75) is 37.7 Å². The lowest BCUT2D eigenvalue weighted by Crippen LogP contribution is -2.42. The molecule has 8 nitrogen and oxygen atoms in total. The number of nitrogens with zero attached hydrogens (tertiary/aromatic N) is 3. The van der Waals surface area contributed by atoms with E-state index < -0.39 is 24.8 Å². The van der Waals surface area contributed by atoms with Crippen LogP contribution in [0, 0.1) is 11.3 Å². The van der Waals surface area contributed by atoms with Crippen molar-refractivity contribution >= 4 is 5.91 Å². The van der Waals surface area contributed by atoms with Crippen LogP contribution in [0.25, 0.3) is 0 Å². The quantitative estimate of drug-likeness (QED) is 0.789. The average molecular weight is 436 g/mol. The second kappa shape index (κ2) is 8.47. The van der Waals surface area contributed by atoms with Crippen LogP contribution in [0.3, 0.4) is 0 Å². The molecule has 4 rings (SSSR count). The number of hydrogen-bond acceptors (Lipinski definition) is 6. The van der Waals surface area contributed by atoms with Crippen molar-refractivity contribution in [3.8, 4) is 17.7 Å². The Balaban J connectivity index is 1.35. The van der Waals surface area contributed by atoms with Crippen LogP contribution in [0.15, 0.2) is 24.3 Å². The number of benzene rings is 1. The van der Waals surface area contributed by atoms with Crippen LogP contribution in [-0.4, -0.2) is 53.8 Å². The van der Waals surface area contributed by atoms with E-state index in [1.165, 1.54) is 10.7 Å². The number of rotatable bonds is 4. The number of aryl methyl sites for hydroxylation is 1. The number of nitriles is 1. The number of aromatic nitrogens is 2. The van der Waals surface area contributed by atoms with E-state index in [1.54, 1.807) is 18.2 Å². The number of amides is 1. The zero-order chi connectivity index (χ0) is 22.0. The van der Waals surface area contributed by atoms with Gasteiger partial charge in [0.05, 0.1) is 23.8 Å². The molecule has 31 heavy (non-hydrogen) atoms. The molecule has 3 heterocycles. The summed E-state index contributed by atoms with van der Waals surface area (Å²) in [5, 5.41) is 16.1. The van der Waals surface area contributed by atoms with Crippen molar-refractivity contribution in [2.24, 2.45) is 0 Å². The highest BCUT2D eigenvalue weighted by Gasteiger charge is 2.31. The molecule has 0 spiro atoms. The van der Waals surface area contributed by atoms with Gasteiger partial charge in [-0.1, -0.05) is 0 Å². The summed E-state index contributed by atoms with van der Waals surface area (Å²) in [5.41, 5.74) is 1.49. The van der Waals surface area contributed by atoms with Crippen molar-refractivity contribution in [1.29, 1.82) is 5.26 Å². The molecule has 164 valence electrons. The second-order valence-corrected chi connectivity index (χ2v) is 7.36. The molecule has 2 aromatic rings. The number of halogens is 3. The van der Waals surface area contributed by atoms with Gasteiger partial charge < -0.3 is 19.5 Å². The van der Waals surface area contributed by atoms with Gasteiger partial charge in [0, 0.05) is 12.6 Å². The summed E-state index contributed by atoms with van der Waals surface area (Å²) in [6.45, 7) is -0.842. The van der Waals surface area contributed by atoms with Gasteiger partial charge >= 0.3 is 6.18 Å². The summed E-state index contributed by atoms with van der Waals surface area (Å²) in [5.74, 6) is 0.573. The first-order valence-electron chi connectivity index (χ1n) is 9.66. The zero-order valence-electron chi connectivity index (χ0n) is 16.3. The number of nitrogens with one attached hydrogen (secondary N) is 1. The molecule has 2 atom stereocenters. The maximum absolute atomic E-state index is 12.6. The van der Waals surface area contributed by atoms with Gasteiger partial charge in [-0.25, -0.2) is 4.68 Å². The molecular formula is C20H19F3N4O4. The second-order valence-electron chi connectivity index (χ2n) is 7.36. The molecular weight excluding hydrogens is 417 g/mol. The molecule has 1 aromatic carbocycles. The Morgan fingerprint density at radius 2 is 2.16 bits per heavy atom. The predicted molar refractivity (Wildman–Crippen MR) is 99.7 cm³/mol. The van der Waals surface area contributed by atoms with Crippen LogP contribution in [-0.2, 0) is 17.7 Å². The van der Waals surface area contributed by atoms with E-state index in [1.807, 2.05) is 0 Å². The van der Waals surface area contributed by atoms with Gasteiger partial charge in [0.2, 0.25) is 5.88 Å². The van der Waals surface area contributed by atoms with Gasteiger partial charge in [-0.15, -0.1) is 0 Å². The third kappa shape index (κ3) is 5.08. The molecule has 0 saturated heterocycles. The Labute approximate surface area is 175 Å². The number of hydrogen-bond donors (Lipinski definition) is 1. The van der Waals surface area contributed by atoms with Gasteiger partial charge in [-0.2, -0.15) is 23.5 Å². The highest BCUT2D eigenvalue weighted by Crippen LogP contribution is 2.26. The highest BCUT2D eigenvalue weighted by atomic mass is 19.4. The molecule has 11 heteroatoms. The fourth-order valence-electron chi connectivity index (χ4n) is 3.47. The van der Waals surface area contributed by atoms with Crippen molar-refractivity contribution < 1.29 is 32.2 Å². The SMILES string of the molecule is N#Cc1ccc2c(c1)C[C@@H](NC(=O)c1cc3n(n1)CC[C@H](OCC(F)(F)F)CO3)CO2. The third-order valence-electron chi connectivity index (χ3n) is 4.97. The molecule has 0 bridgehead atoms. The summed E-state index contributed by atoms with van der Waals surface area (Å²) in [4.78, 5) is 12.6. The van der Waals surface area contributed by atoms with Crippen LogP contribution in [0.4, 0.5) is 13.2 Å². The van der Waals surface area contributed by atoms with Crippen LogP contribution in [0.1, 0.15) is 28.0 Å². The summed E-state index contributed by atoms with van der Waals surface area (Å²) in [6.07, 6.45) is -4.32. The summed E-state index contributed by atoms with van der Waals surface area (Å²) < 4.78 is 54.4. The Morgan fingerprint density at radius 3 is 2.94 bits per heavy atom. The Morgan fingerprint density at radius 1 is 1.32 bits per heavy atom. The minimum absolute atomic E-state index is 0.0582.